The summed E-state index contributed by atoms with van der Waals surface area (Å²) in [6, 6.07) is 8.82. The Bertz CT molecular complexity index is 402. The van der Waals surface area contributed by atoms with E-state index in [-0.39, 0.29) is 0 Å². The second-order valence-corrected chi connectivity index (χ2v) is 6.34. The van der Waals surface area contributed by atoms with Gasteiger partial charge in [-0.15, -0.1) is 23.2 Å². The average Bonchev–Trinajstić information content (AvgIpc) is 2.56. The SMILES string of the molecule is ClCCN(CCCl)c1ccc(CCCN2CCOCC2)cc1. The van der Waals surface area contributed by atoms with E-state index in [0.717, 1.165) is 52.4 Å². The van der Waals surface area contributed by atoms with Crippen LogP contribution in [0.15, 0.2) is 24.3 Å². The minimum atomic E-state index is 0.623. The summed E-state index contributed by atoms with van der Waals surface area (Å²) < 4.78 is 5.37. The van der Waals surface area contributed by atoms with Gasteiger partial charge < -0.3 is 9.64 Å². The second kappa shape index (κ2) is 10.3. The van der Waals surface area contributed by atoms with E-state index in [4.69, 9.17) is 27.9 Å². The molecule has 0 radical (unpaired) electrons. The third-order valence-electron chi connectivity index (χ3n) is 4.05. The van der Waals surface area contributed by atoms with Crippen LogP contribution in [0.5, 0.6) is 0 Å². The number of alkyl halides is 2. The van der Waals surface area contributed by atoms with Crippen LogP contribution in [0.25, 0.3) is 0 Å². The summed E-state index contributed by atoms with van der Waals surface area (Å²) in [5.74, 6) is 1.25. The molecule has 0 N–H and O–H groups in total. The van der Waals surface area contributed by atoms with Crippen molar-refractivity contribution in [3.8, 4) is 0 Å². The minimum Gasteiger partial charge on any atom is -0.379 e. The van der Waals surface area contributed by atoms with Gasteiger partial charge in [-0.25, -0.2) is 0 Å². The molecule has 0 atom stereocenters. The second-order valence-electron chi connectivity index (χ2n) is 5.59. The first kappa shape index (κ1) is 17.9. The van der Waals surface area contributed by atoms with Crippen molar-refractivity contribution in [3.05, 3.63) is 29.8 Å². The maximum absolute atomic E-state index is 5.86. The molecule has 1 aliphatic heterocycles. The summed E-state index contributed by atoms with van der Waals surface area (Å²) >= 11 is 11.7. The van der Waals surface area contributed by atoms with Crippen molar-refractivity contribution in [1.82, 2.24) is 4.90 Å². The van der Waals surface area contributed by atoms with E-state index < -0.39 is 0 Å². The highest BCUT2D eigenvalue weighted by molar-refractivity contribution is 6.18. The molecule has 1 aromatic carbocycles. The highest BCUT2D eigenvalue weighted by Crippen LogP contribution is 2.16. The number of aryl methyl sites for hydroxylation is 1. The van der Waals surface area contributed by atoms with Crippen LogP contribution in [0.3, 0.4) is 0 Å². The third kappa shape index (κ3) is 5.96. The van der Waals surface area contributed by atoms with Crippen LogP contribution in [0.2, 0.25) is 0 Å². The van der Waals surface area contributed by atoms with E-state index in [1.165, 1.54) is 17.7 Å². The molecule has 0 aliphatic carbocycles. The van der Waals surface area contributed by atoms with Gasteiger partial charge in [0.15, 0.2) is 0 Å². The van der Waals surface area contributed by atoms with Gasteiger partial charge in [0.2, 0.25) is 0 Å². The average molecular weight is 345 g/mol. The Morgan fingerprint density at radius 2 is 1.64 bits per heavy atom. The van der Waals surface area contributed by atoms with Crippen molar-refractivity contribution in [2.45, 2.75) is 12.8 Å². The normalized spacial score (nSPS) is 15.9. The highest BCUT2D eigenvalue weighted by Gasteiger charge is 2.09. The lowest BCUT2D eigenvalue weighted by Crippen LogP contribution is -2.36. The van der Waals surface area contributed by atoms with Crippen molar-refractivity contribution < 1.29 is 4.74 Å². The monoisotopic (exact) mass is 344 g/mol. The summed E-state index contributed by atoms with van der Waals surface area (Å²) in [7, 11) is 0. The van der Waals surface area contributed by atoms with Gasteiger partial charge in [-0.2, -0.15) is 0 Å². The fraction of sp³-hybridized carbons (Fsp3) is 0.647. The Hall–Kier alpha value is -0.480. The van der Waals surface area contributed by atoms with Crippen molar-refractivity contribution in [2.24, 2.45) is 0 Å². The van der Waals surface area contributed by atoms with Crippen LogP contribution >= 0.6 is 23.2 Å². The van der Waals surface area contributed by atoms with Crippen molar-refractivity contribution >= 4 is 28.9 Å². The first-order valence-corrected chi connectivity index (χ1v) is 9.16. The highest BCUT2D eigenvalue weighted by atomic mass is 35.5. The first-order chi connectivity index (χ1) is 10.8. The zero-order valence-corrected chi connectivity index (χ0v) is 14.7. The quantitative estimate of drug-likeness (QED) is 0.639. The largest absolute Gasteiger partial charge is 0.379 e. The summed E-state index contributed by atoms with van der Waals surface area (Å²) in [5, 5.41) is 0. The lowest BCUT2D eigenvalue weighted by Gasteiger charge is -2.26. The van der Waals surface area contributed by atoms with Crippen LogP contribution in [-0.4, -0.2) is 62.6 Å². The molecule has 0 unspecified atom stereocenters. The minimum absolute atomic E-state index is 0.623. The summed E-state index contributed by atoms with van der Waals surface area (Å²) in [5.41, 5.74) is 2.60. The molecule has 2 rings (SSSR count). The Morgan fingerprint density at radius 1 is 1.00 bits per heavy atom. The summed E-state index contributed by atoms with van der Waals surface area (Å²) in [6.45, 7) is 6.75. The predicted octanol–water partition coefficient (Wildman–Crippen LogP) is 3.24. The fourth-order valence-electron chi connectivity index (χ4n) is 2.78. The smallest absolute Gasteiger partial charge is 0.0594 e. The molecule has 5 heteroatoms. The molecular weight excluding hydrogens is 319 g/mol. The number of morpholine rings is 1. The molecule has 3 nitrogen and oxygen atoms in total. The molecule has 1 saturated heterocycles. The number of benzene rings is 1. The first-order valence-electron chi connectivity index (χ1n) is 8.09. The van der Waals surface area contributed by atoms with Gasteiger partial charge in [0.1, 0.15) is 0 Å². The molecular formula is C17H26Cl2N2O. The van der Waals surface area contributed by atoms with Crippen LogP contribution in [0.1, 0.15) is 12.0 Å². The van der Waals surface area contributed by atoms with Gasteiger partial charge in [-0.1, -0.05) is 12.1 Å². The fourth-order valence-corrected chi connectivity index (χ4v) is 3.19. The topological polar surface area (TPSA) is 15.7 Å². The lowest BCUT2D eigenvalue weighted by molar-refractivity contribution is 0.0375. The maximum atomic E-state index is 5.86. The van der Waals surface area contributed by atoms with Gasteiger partial charge in [-0.3, -0.25) is 4.90 Å². The standard InChI is InChI=1S/C17H26Cl2N2O/c18-7-10-21(11-8-19)17-5-3-16(4-6-17)2-1-9-20-12-14-22-15-13-20/h3-6H,1-2,7-15H2. The molecule has 22 heavy (non-hydrogen) atoms. The van der Waals surface area contributed by atoms with Crippen LogP contribution in [0, 0.1) is 0 Å². The Labute approximate surface area is 144 Å². The molecule has 1 aliphatic rings. The molecule has 1 aromatic rings. The number of nitrogens with zero attached hydrogens (tertiary/aromatic N) is 2. The number of rotatable bonds is 9. The molecule has 0 aromatic heterocycles. The van der Waals surface area contributed by atoms with E-state index >= 15 is 0 Å². The number of anilines is 1. The molecule has 0 bridgehead atoms. The van der Waals surface area contributed by atoms with E-state index in [9.17, 15) is 0 Å². The molecule has 0 amide bonds. The molecule has 0 spiro atoms. The van der Waals surface area contributed by atoms with Gasteiger partial charge >= 0.3 is 0 Å². The van der Waals surface area contributed by atoms with Crippen LogP contribution in [0.4, 0.5) is 5.69 Å². The summed E-state index contributed by atoms with van der Waals surface area (Å²) in [6.07, 6.45) is 2.33. The third-order valence-corrected chi connectivity index (χ3v) is 4.39. The molecule has 0 saturated carbocycles. The zero-order valence-electron chi connectivity index (χ0n) is 13.1. The van der Waals surface area contributed by atoms with Crippen molar-refractivity contribution in [1.29, 1.82) is 0 Å². The van der Waals surface area contributed by atoms with Gasteiger partial charge in [0.05, 0.1) is 13.2 Å². The summed E-state index contributed by atoms with van der Waals surface area (Å²) in [4.78, 5) is 4.72. The van der Waals surface area contributed by atoms with E-state index in [1.807, 2.05) is 0 Å². The molecule has 1 heterocycles. The van der Waals surface area contributed by atoms with Crippen molar-refractivity contribution in [3.63, 3.8) is 0 Å². The van der Waals surface area contributed by atoms with E-state index in [2.05, 4.69) is 34.1 Å². The van der Waals surface area contributed by atoms with E-state index in [1.54, 1.807) is 0 Å². The number of hydrogen-bond donors (Lipinski definition) is 0. The zero-order chi connectivity index (χ0) is 15.6. The predicted molar refractivity (Wildman–Crippen MR) is 95.7 cm³/mol. The molecule has 1 fully saturated rings. The lowest BCUT2D eigenvalue weighted by atomic mass is 10.1. The van der Waals surface area contributed by atoms with Crippen molar-refractivity contribution in [2.75, 3.05) is 62.6 Å². The van der Waals surface area contributed by atoms with E-state index in [0.29, 0.717) is 11.8 Å². The van der Waals surface area contributed by atoms with Gasteiger partial charge in [0.25, 0.3) is 0 Å². The maximum Gasteiger partial charge on any atom is 0.0594 e. The van der Waals surface area contributed by atoms with Gasteiger partial charge in [0, 0.05) is 43.6 Å². The Morgan fingerprint density at radius 3 is 2.23 bits per heavy atom. The Kier molecular flexibility index (Phi) is 8.38. The Balaban J connectivity index is 1.77. The van der Waals surface area contributed by atoms with Crippen LogP contribution in [-0.2, 0) is 11.2 Å². The number of hydrogen-bond acceptors (Lipinski definition) is 3. The number of halogens is 2. The molecule has 124 valence electrons. The number of ether oxygens (including phenoxy) is 1. The van der Waals surface area contributed by atoms with Gasteiger partial charge in [-0.05, 0) is 37.1 Å². The van der Waals surface area contributed by atoms with Crippen LogP contribution < -0.4 is 4.90 Å².